The van der Waals surface area contributed by atoms with Gasteiger partial charge in [0.2, 0.25) is 0 Å². The van der Waals surface area contributed by atoms with Crippen LogP contribution in [0.1, 0.15) is 31.7 Å². The summed E-state index contributed by atoms with van der Waals surface area (Å²) in [7, 11) is 4.18. The highest BCUT2D eigenvalue weighted by Gasteiger charge is 2.12. The van der Waals surface area contributed by atoms with Crippen molar-refractivity contribution in [2.24, 2.45) is 0 Å². The maximum absolute atomic E-state index is 3.65. The van der Waals surface area contributed by atoms with Crippen LogP contribution in [-0.4, -0.2) is 44.7 Å². The van der Waals surface area contributed by atoms with E-state index in [4.69, 9.17) is 0 Å². The Morgan fingerprint density at radius 1 is 1.20 bits per heavy atom. The number of hydrogen-bond acceptors (Lipinski definition) is 3. The smallest absolute Gasteiger partial charge is 0.0364 e. The first-order valence-corrected chi connectivity index (χ1v) is 7.87. The lowest BCUT2D eigenvalue weighted by Gasteiger charge is -2.29. The number of hydrogen-bond donors (Lipinski definition) is 1. The minimum Gasteiger partial charge on any atom is -0.378 e. The molecule has 3 nitrogen and oxygen atoms in total. The zero-order valence-electron chi connectivity index (χ0n) is 13.2. The highest BCUT2D eigenvalue weighted by molar-refractivity contribution is 5.47. The van der Waals surface area contributed by atoms with E-state index >= 15 is 0 Å². The van der Waals surface area contributed by atoms with Crippen molar-refractivity contribution in [1.29, 1.82) is 0 Å². The number of nitrogens with one attached hydrogen (secondary N) is 1. The summed E-state index contributed by atoms with van der Waals surface area (Å²) in [5, 5.41) is 3.65. The van der Waals surface area contributed by atoms with E-state index in [1.807, 2.05) is 0 Å². The van der Waals surface area contributed by atoms with Gasteiger partial charge in [-0.05, 0) is 50.6 Å². The predicted octanol–water partition coefficient (Wildman–Crippen LogP) is 2.72. The second kappa shape index (κ2) is 7.65. The Labute approximate surface area is 124 Å². The summed E-state index contributed by atoms with van der Waals surface area (Å²) >= 11 is 0. The van der Waals surface area contributed by atoms with E-state index < -0.39 is 0 Å². The van der Waals surface area contributed by atoms with E-state index in [0.717, 1.165) is 6.54 Å². The average Bonchev–Trinajstić information content (AvgIpc) is 2.46. The van der Waals surface area contributed by atoms with E-state index in [0.29, 0.717) is 6.04 Å². The summed E-state index contributed by atoms with van der Waals surface area (Å²) in [5.41, 5.74) is 2.63. The van der Waals surface area contributed by atoms with E-state index in [9.17, 15) is 0 Å². The van der Waals surface area contributed by atoms with Crippen LogP contribution in [0, 0.1) is 0 Å². The van der Waals surface area contributed by atoms with Gasteiger partial charge in [-0.3, -0.25) is 0 Å². The Balaban J connectivity index is 1.77. The van der Waals surface area contributed by atoms with Gasteiger partial charge >= 0.3 is 0 Å². The average molecular weight is 275 g/mol. The molecule has 0 spiro atoms. The van der Waals surface area contributed by atoms with Gasteiger partial charge in [0.1, 0.15) is 0 Å². The molecule has 0 bridgehead atoms. The predicted molar refractivity (Wildman–Crippen MR) is 87.4 cm³/mol. The van der Waals surface area contributed by atoms with Gasteiger partial charge < -0.3 is 15.1 Å². The third-order valence-electron chi connectivity index (χ3n) is 4.06. The van der Waals surface area contributed by atoms with Crippen molar-refractivity contribution in [2.45, 2.75) is 38.8 Å². The quantitative estimate of drug-likeness (QED) is 0.861. The molecule has 1 aromatic carbocycles. The Hall–Kier alpha value is -1.06. The van der Waals surface area contributed by atoms with Gasteiger partial charge in [0.25, 0.3) is 0 Å². The Morgan fingerprint density at radius 3 is 2.65 bits per heavy atom. The fourth-order valence-corrected chi connectivity index (χ4v) is 2.83. The molecule has 1 unspecified atom stereocenters. The highest BCUT2D eigenvalue weighted by atomic mass is 15.1. The standard InChI is InChI=1S/C17H29N3/c1-15(14-20-10-5-4-6-11-20)18-13-16-8-7-9-17(12-16)19(2)3/h7-9,12,15,18H,4-6,10-11,13-14H2,1-3H3. The lowest BCUT2D eigenvalue weighted by molar-refractivity contribution is 0.209. The van der Waals surface area contributed by atoms with Crippen molar-refractivity contribution in [3.05, 3.63) is 29.8 Å². The van der Waals surface area contributed by atoms with Crippen molar-refractivity contribution < 1.29 is 0 Å². The normalized spacial score (nSPS) is 17.9. The minimum atomic E-state index is 0.552. The number of anilines is 1. The Morgan fingerprint density at radius 2 is 1.95 bits per heavy atom. The summed E-state index contributed by atoms with van der Waals surface area (Å²) in [6.07, 6.45) is 4.16. The van der Waals surface area contributed by atoms with Crippen molar-refractivity contribution in [3.8, 4) is 0 Å². The molecule has 1 saturated heterocycles. The largest absolute Gasteiger partial charge is 0.378 e. The van der Waals surface area contributed by atoms with Gasteiger partial charge in [0, 0.05) is 38.9 Å². The second-order valence-corrected chi connectivity index (χ2v) is 6.21. The lowest BCUT2D eigenvalue weighted by Crippen LogP contribution is -2.41. The van der Waals surface area contributed by atoms with Crippen LogP contribution in [0.5, 0.6) is 0 Å². The monoisotopic (exact) mass is 275 g/mol. The molecule has 2 rings (SSSR count). The lowest BCUT2D eigenvalue weighted by atomic mass is 10.1. The highest BCUT2D eigenvalue weighted by Crippen LogP contribution is 2.13. The van der Waals surface area contributed by atoms with Gasteiger partial charge in [-0.1, -0.05) is 18.6 Å². The molecule has 1 fully saturated rings. The molecule has 1 aromatic rings. The van der Waals surface area contributed by atoms with Gasteiger partial charge in [-0.15, -0.1) is 0 Å². The maximum Gasteiger partial charge on any atom is 0.0364 e. The first kappa shape index (κ1) is 15.3. The first-order chi connectivity index (χ1) is 9.65. The molecule has 1 N–H and O–H groups in total. The number of benzene rings is 1. The topological polar surface area (TPSA) is 18.5 Å². The number of rotatable bonds is 6. The molecule has 112 valence electrons. The Kier molecular flexibility index (Phi) is 5.86. The zero-order valence-corrected chi connectivity index (χ0v) is 13.2. The van der Waals surface area contributed by atoms with Crippen molar-refractivity contribution >= 4 is 5.69 Å². The van der Waals surface area contributed by atoms with E-state index in [-0.39, 0.29) is 0 Å². The number of nitrogens with zero attached hydrogens (tertiary/aromatic N) is 2. The molecule has 3 heteroatoms. The minimum absolute atomic E-state index is 0.552. The molecular formula is C17H29N3. The van der Waals surface area contributed by atoms with Crippen LogP contribution in [0.3, 0.4) is 0 Å². The van der Waals surface area contributed by atoms with Crippen LogP contribution in [0.25, 0.3) is 0 Å². The third kappa shape index (κ3) is 4.80. The van der Waals surface area contributed by atoms with Crippen molar-refractivity contribution in [3.63, 3.8) is 0 Å². The first-order valence-electron chi connectivity index (χ1n) is 7.87. The van der Waals surface area contributed by atoms with Gasteiger partial charge in [0.05, 0.1) is 0 Å². The summed E-state index contributed by atoms with van der Waals surface area (Å²) in [5.74, 6) is 0. The molecule has 0 aliphatic carbocycles. The van der Waals surface area contributed by atoms with Crippen LogP contribution in [-0.2, 0) is 6.54 Å². The summed E-state index contributed by atoms with van der Waals surface area (Å²) in [6, 6.07) is 9.31. The molecule has 1 heterocycles. The fraction of sp³-hybridized carbons (Fsp3) is 0.647. The van der Waals surface area contributed by atoms with E-state index in [1.54, 1.807) is 0 Å². The van der Waals surface area contributed by atoms with Crippen LogP contribution >= 0.6 is 0 Å². The van der Waals surface area contributed by atoms with Gasteiger partial charge in [-0.2, -0.15) is 0 Å². The molecule has 0 radical (unpaired) electrons. The van der Waals surface area contributed by atoms with E-state index in [2.05, 4.69) is 60.4 Å². The second-order valence-electron chi connectivity index (χ2n) is 6.21. The van der Waals surface area contributed by atoms with Crippen LogP contribution in [0.4, 0.5) is 5.69 Å². The molecule has 1 aliphatic rings. The number of likely N-dealkylation sites (tertiary alicyclic amines) is 1. The summed E-state index contributed by atoms with van der Waals surface area (Å²) < 4.78 is 0. The molecule has 0 aromatic heterocycles. The molecular weight excluding hydrogens is 246 g/mol. The fourth-order valence-electron chi connectivity index (χ4n) is 2.83. The zero-order chi connectivity index (χ0) is 14.4. The van der Waals surface area contributed by atoms with Crippen molar-refractivity contribution in [2.75, 3.05) is 38.6 Å². The number of piperidine rings is 1. The van der Waals surface area contributed by atoms with E-state index in [1.165, 1.54) is 50.1 Å². The molecule has 1 aliphatic heterocycles. The molecule has 1 atom stereocenters. The van der Waals surface area contributed by atoms with Crippen LogP contribution < -0.4 is 10.2 Å². The molecule has 0 amide bonds. The van der Waals surface area contributed by atoms with Gasteiger partial charge in [-0.25, -0.2) is 0 Å². The van der Waals surface area contributed by atoms with Gasteiger partial charge in [0.15, 0.2) is 0 Å². The Bertz CT molecular complexity index is 397. The van der Waals surface area contributed by atoms with Crippen molar-refractivity contribution in [1.82, 2.24) is 10.2 Å². The van der Waals surface area contributed by atoms with Crippen LogP contribution in [0.2, 0.25) is 0 Å². The molecule has 20 heavy (non-hydrogen) atoms. The maximum atomic E-state index is 3.65. The third-order valence-corrected chi connectivity index (χ3v) is 4.06. The SMILES string of the molecule is CC(CN1CCCCC1)NCc1cccc(N(C)C)c1. The summed E-state index contributed by atoms with van der Waals surface area (Å²) in [4.78, 5) is 4.75. The molecule has 0 saturated carbocycles. The van der Waals surface area contributed by atoms with Crippen LogP contribution in [0.15, 0.2) is 24.3 Å². The summed E-state index contributed by atoms with van der Waals surface area (Å²) in [6.45, 7) is 6.98.